The highest BCUT2D eigenvalue weighted by atomic mass is 16.6. The molecule has 2 saturated heterocycles. The van der Waals surface area contributed by atoms with Crippen molar-refractivity contribution in [3.8, 4) is 0 Å². The maximum atomic E-state index is 12.2. The van der Waals surface area contributed by atoms with Gasteiger partial charge < -0.3 is 14.4 Å². The normalized spacial score (nSPS) is 25.8. The van der Waals surface area contributed by atoms with Crippen LogP contribution in [0.3, 0.4) is 0 Å². The molecular formula is C20H30N2O3. The Bertz CT molecular complexity index is 533. The van der Waals surface area contributed by atoms with Crippen molar-refractivity contribution in [1.29, 1.82) is 0 Å². The van der Waals surface area contributed by atoms with Crippen LogP contribution in [0.5, 0.6) is 0 Å². The summed E-state index contributed by atoms with van der Waals surface area (Å²) in [6.07, 6.45) is 2.56. The molecule has 0 bridgehead atoms. The number of carbonyl (C=O) groups is 1. The van der Waals surface area contributed by atoms with Crippen molar-refractivity contribution in [3.05, 3.63) is 35.9 Å². The summed E-state index contributed by atoms with van der Waals surface area (Å²) in [5.74, 6) is 0.663. The van der Waals surface area contributed by atoms with E-state index in [4.69, 9.17) is 9.47 Å². The summed E-state index contributed by atoms with van der Waals surface area (Å²) in [4.78, 5) is 16.6. The average molecular weight is 346 g/mol. The number of nitrogens with zero attached hydrogens (tertiary/aromatic N) is 2. The van der Waals surface area contributed by atoms with Crippen LogP contribution in [0.15, 0.2) is 30.3 Å². The fraction of sp³-hybridized carbons (Fsp3) is 0.650. The predicted molar refractivity (Wildman–Crippen MR) is 97.4 cm³/mol. The largest absolute Gasteiger partial charge is 0.445 e. The van der Waals surface area contributed by atoms with Gasteiger partial charge in [-0.15, -0.1) is 0 Å². The number of hydrogen-bond acceptors (Lipinski definition) is 4. The number of likely N-dealkylation sites (tertiary alicyclic amines) is 1. The van der Waals surface area contributed by atoms with E-state index in [1.54, 1.807) is 0 Å². The van der Waals surface area contributed by atoms with Crippen LogP contribution >= 0.6 is 0 Å². The first-order valence-corrected chi connectivity index (χ1v) is 9.43. The minimum atomic E-state index is -0.184. The maximum absolute atomic E-state index is 12.2. The van der Waals surface area contributed by atoms with E-state index in [9.17, 15) is 4.79 Å². The van der Waals surface area contributed by atoms with Gasteiger partial charge in [-0.3, -0.25) is 4.90 Å². The van der Waals surface area contributed by atoms with Crippen molar-refractivity contribution < 1.29 is 14.3 Å². The van der Waals surface area contributed by atoms with Crippen molar-refractivity contribution >= 4 is 6.09 Å². The first-order chi connectivity index (χ1) is 12.1. The first kappa shape index (κ1) is 18.2. The molecule has 0 aliphatic carbocycles. The molecule has 0 aromatic heterocycles. The molecule has 5 nitrogen and oxygen atoms in total. The Kier molecular flexibility index (Phi) is 6.32. The number of rotatable bonds is 4. The molecule has 0 spiro atoms. The van der Waals surface area contributed by atoms with Gasteiger partial charge in [0, 0.05) is 32.7 Å². The second-order valence-electron chi connectivity index (χ2n) is 7.45. The van der Waals surface area contributed by atoms with Gasteiger partial charge in [0.1, 0.15) is 6.61 Å². The summed E-state index contributed by atoms with van der Waals surface area (Å²) in [5.41, 5.74) is 1.03. The Labute approximate surface area is 150 Å². The highest BCUT2D eigenvalue weighted by Gasteiger charge is 2.28. The summed E-state index contributed by atoms with van der Waals surface area (Å²) in [6, 6.07) is 9.84. The van der Waals surface area contributed by atoms with E-state index in [-0.39, 0.29) is 6.09 Å². The monoisotopic (exact) mass is 346 g/mol. The topological polar surface area (TPSA) is 42.0 Å². The fourth-order valence-corrected chi connectivity index (χ4v) is 3.91. The van der Waals surface area contributed by atoms with E-state index in [0.717, 1.165) is 51.1 Å². The second kappa shape index (κ2) is 8.68. The molecule has 1 aromatic carbocycles. The standard InChI is InChI=1S/C20H30N2O3/c1-16-12-21(13-17(2)25-16)14-18-8-10-22(11-9-18)20(23)24-15-19-6-4-3-5-7-19/h3-7,16-18H,8-15H2,1-2H3/t16-,17+. The van der Waals surface area contributed by atoms with Gasteiger partial charge in [0.15, 0.2) is 0 Å². The Balaban J connectivity index is 1.38. The van der Waals surface area contributed by atoms with Gasteiger partial charge in [-0.05, 0) is 38.2 Å². The third kappa shape index (κ3) is 5.44. The molecule has 0 radical (unpaired) electrons. The highest BCUT2D eigenvalue weighted by Crippen LogP contribution is 2.21. The molecule has 1 aromatic rings. The van der Waals surface area contributed by atoms with Gasteiger partial charge in [0.05, 0.1) is 12.2 Å². The molecule has 2 fully saturated rings. The lowest BCUT2D eigenvalue weighted by atomic mass is 9.96. The van der Waals surface area contributed by atoms with Crippen molar-refractivity contribution in [2.24, 2.45) is 5.92 Å². The Morgan fingerprint density at radius 3 is 2.40 bits per heavy atom. The van der Waals surface area contributed by atoms with Crippen molar-refractivity contribution in [3.63, 3.8) is 0 Å². The molecule has 0 N–H and O–H groups in total. The predicted octanol–water partition coefficient (Wildman–Crippen LogP) is 3.14. The number of carbonyl (C=O) groups excluding carboxylic acids is 1. The van der Waals surface area contributed by atoms with Gasteiger partial charge in [-0.1, -0.05) is 30.3 Å². The molecular weight excluding hydrogens is 316 g/mol. The lowest BCUT2D eigenvalue weighted by Crippen LogP contribution is -2.48. The van der Waals surface area contributed by atoms with Crippen LogP contribution in [0.4, 0.5) is 4.79 Å². The van der Waals surface area contributed by atoms with Crippen LogP contribution < -0.4 is 0 Å². The molecule has 2 aliphatic rings. The van der Waals surface area contributed by atoms with Gasteiger partial charge in [0.2, 0.25) is 0 Å². The Morgan fingerprint density at radius 1 is 1.12 bits per heavy atom. The summed E-state index contributed by atoms with van der Waals surface area (Å²) in [5, 5.41) is 0. The average Bonchev–Trinajstić information content (AvgIpc) is 2.60. The van der Waals surface area contributed by atoms with Gasteiger partial charge >= 0.3 is 6.09 Å². The summed E-state index contributed by atoms with van der Waals surface area (Å²) >= 11 is 0. The molecule has 3 rings (SSSR count). The molecule has 138 valence electrons. The highest BCUT2D eigenvalue weighted by molar-refractivity contribution is 5.67. The van der Waals surface area contributed by atoms with E-state index in [1.807, 2.05) is 35.2 Å². The number of piperidine rings is 1. The lowest BCUT2D eigenvalue weighted by Gasteiger charge is -2.39. The van der Waals surface area contributed by atoms with E-state index in [2.05, 4.69) is 18.7 Å². The minimum Gasteiger partial charge on any atom is -0.445 e. The van der Waals surface area contributed by atoms with Crippen LogP contribution in [-0.4, -0.2) is 60.8 Å². The molecule has 2 atom stereocenters. The number of morpholine rings is 1. The van der Waals surface area contributed by atoms with Crippen LogP contribution in [0, 0.1) is 5.92 Å². The Hall–Kier alpha value is -1.59. The van der Waals surface area contributed by atoms with E-state index >= 15 is 0 Å². The van der Waals surface area contributed by atoms with Crippen LogP contribution in [0.2, 0.25) is 0 Å². The van der Waals surface area contributed by atoms with Gasteiger partial charge in [-0.2, -0.15) is 0 Å². The zero-order valence-corrected chi connectivity index (χ0v) is 15.4. The van der Waals surface area contributed by atoms with Crippen molar-refractivity contribution in [1.82, 2.24) is 9.80 Å². The van der Waals surface area contributed by atoms with Gasteiger partial charge in [-0.25, -0.2) is 4.79 Å². The lowest BCUT2D eigenvalue weighted by molar-refractivity contribution is -0.0730. The number of hydrogen-bond donors (Lipinski definition) is 0. The third-order valence-electron chi connectivity index (χ3n) is 5.09. The van der Waals surface area contributed by atoms with Crippen LogP contribution in [0.1, 0.15) is 32.3 Å². The van der Waals surface area contributed by atoms with Crippen molar-refractivity contribution in [2.75, 3.05) is 32.7 Å². The number of benzene rings is 1. The van der Waals surface area contributed by atoms with Crippen LogP contribution in [-0.2, 0) is 16.1 Å². The molecule has 0 saturated carbocycles. The minimum absolute atomic E-state index is 0.184. The summed E-state index contributed by atoms with van der Waals surface area (Å²) < 4.78 is 11.2. The van der Waals surface area contributed by atoms with Gasteiger partial charge in [0.25, 0.3) is 0 Å². The number of ether oxygens (including phenoxy) is 2. The zero-order valence-electron chi connectivity index (χ0n) is 15.4. The number of amides is 1. The smallest absolute Gasteiger partial charge is 0.410 e. The quantitative estimate of drug-likeness (QED) is 0.840. The molecule has 2 heterocycles. The van der Waals surface area contributed by atoms with E-state index in [1.165, 1.54) is 0 Å². The molecule has 25 heavy (non-hydrogen) atoms. The molecule has 5 heteroatoms. The maximum Gasteiger partial charge on any atom is 0.410 e. The summed E-state index contributed by atoms with van der Waals surface area (Å²) in [6.45, 7) is 9.39. The van der Waals surface area contributed by atoms with Crippen molar-refractivity contribution in [2.45, 2.75) is 45.5 Å². The summed E-state index contributed by atoms with van der Waals surface area (Å²) in [7, 11) is 0. The Morgan fingerprint density at radius 2 is 1.76 bits per heavy atom. The zero-order chi connectivity index (χ0) is 17.6. The van der Waals surface area contributed by atoms with E-state index in [0.29, 0.717) is 24.7 Å². The first-order valence-electron chi connectivity index (χ1n) is 9.43. The second-order valence-corrected chi connectivity index (χ2v) is 7.45. The fourth-order valence-electron chi connectivity index (χ4n) is 3.91. The third-order valence-corrected chi connectivity index (χ3v) is 5.09. The SMILES string of the molecule is C[C@@H]1CN(CC2CCN(C(=O)OCc3ccccc3)CC2)C[C@H](C)O1. The molecule has 0 unspecified atom stereocenters. The van der Waals surface area contributed by atoms with E-state index < -0.39 is 0 Å². The van der Waals surface area contributed by atoms with Crippen LogP contribution in [0.25, 0.3) is 0 Å². The molecule has 2 aliphatic heterocycles. The molecule has 1 amide bonds.